The van der Waals surface area contributed by atoms with E-state index in [1.54, 1.807) is 6.08 Å². The highest BCUT2D eigenvalue weighted by Gasteiger charge is 2.20. The van der Waals surface area contributed by atoms with Gasteiger partial charge in [0.2, 0.25) is 11.9 Å². The Bertz CT molecular complexity index is 1060. The summed E-state index contributed by atoms with van der Waals surface area (Å²) >= 11 is 0. The number of nitrogens with zero attached hydrogens (tertiary/aromatic N) is 3. The first-order valence-corrected chi connectivity index (χ1v) is 10.3. The van der Waals surface area contributed by atoms with Crippen LogP contribution in [0.5, 0.6) is 11.5 Å². The van der Waals surface area contributed by atoms with Crippen LogP contribution in [-0.4, -0.2) is 60.2 Å². The number of amides is 1. The number of carbonyl (C=O) groups is 1. The molecule has 0 bridgehead atoms. The summed E-state index contributed by atoms with van der Waals surface area (Å²) in [7, 11) is 0. The number of hydrogen-bond acceptors (Lipinski definition) is 5. The van der Waals surface area contributed by atoms with Crippen LogP contribution >= 0.6 is 0 Å². The zero-order valence-corrected chi connectivity index (χ0v) is 16.7. The third kappa shape index (κ3) is 3.83. The van der Waals surface area contributed by atoms with E-state index in [0.717, 1.165) is 60.1 Å². The SMILES string of the molecule is O=C(/C=C/c1ccc2c(c1)OCCO2)N1CCCN(c2nc3ccccc3[nH]2)CC1. The van der Waals surface area contributed by atoms with E-state index in [9.17, 15) is 4.79 Å². The molecule has 2 aliphatic rings. The summed E-state index contributed by atoms with van der Waals surface area (Å²) in [6, 6.07) is 13.8. The molecule has 0 radical (unpaired) electrons. The van der Waals surface area contributed by atoms with Gasteiger partial charge >= 0.3 is 0 Å². The standard InChI is InChI=1S/C23H24N4O3/c28-22(9-7-17-6-8-20-21(16-17)30-15-14-29-20)26-10-3-11-27(13-12-26)23-24-18-4-1-2-5-19(18)25-23/h1-2,4-9,16H,3,10-15H2,(H,24,25)/b9-7+. The van der Waals surface area contributed by atoms with Crippen LogP contribution in [-0.2, 0) is 4.79 Å². The van der Waals surface area contributed by atoms with Crippen LogP contribution in [0.4, 0.5) is 5.95 Å². The number of nitrogens with one attached hydrogen (secondary N) is 1. The van der Waals surface area contributed by atoms with E-state index in [1.165, 1.54) is 0 Å². The Morgan fingerprint density at radius 2 is 1.87 bits per heavy atom. The van der Waals surface area contributed by atoms with Gasteiger partial charge in [-0.1, -0.05) is 18.2 Å². The van der Waals surface area contributed by atoms with Gasteiger partial charge in [-0.15, -0.1) is 0 Å². The highest BCUT2D eigenvalue weighted by atomic mass is 16.6. The van der Waals surface area contributed by atoms with E-state index in [0.29, 0.717) is 19.8 Å². The van der Waals surface area contributed by atoms with Crippen molar-refractivity contribution in [2.75, 3.05) is 44.3 Å². The molecule has 2 aliphatic heterocycles. The fraction of sp³-hybridized carbons (Fsp3) is 0.304. The number of carbonyl (C=O) groups excluding carboxylic acids is 1. The monoisotopic (exact) mass is 404 g/mol. The summed E-state index contributed by atoms with van der Waals surface area (Å²) in [5, 5.41) is 0. The molecule has 1 saturated heterocycles. The van der Waals surface area contributed by atoms with Gasteiger partial charge in [-0.2, -0.15) is 0 Å². The van der Waals surface area contributed by atoms with Gasteiger partial charge in [-0.25, -0.2) is 4.98 Å². The molecule has 154 valence electrons. The largest absolute Gasteiger partial charge is 0.486 e. The number of H-pyrrole nitrogens is 1. The van der Waals surface area contributed by atoms with Gasteiger partial charge in [-0.3, -0.25) is 4.79 Å². The molecule has 5 rings (SSSR count). The molecule has 2 aromatic carbocycles. The van der Waals surface area contributed by atoms with Gasteiger partial charge in [0.15, 0.2) is 11.5 Å². The number of para-hydroxylation sites is 2. The summed E-state index contributed by atoms with van der Waals surface area (Å²) in [4.78, 5) is 24.9. The van der Waals surface area contributed by atoms with Gasteiger partial charge in [0, 0.05) is 32.3 Å². The number of rotatable bonds is 3. The minimum absolute atomic E-state index is 0.0244. The van der Waals surface area contributed by atoms with E-state index in [2.05, 4.69) is 14.9 Å². The average molecular weight is 404 g/mol. The highest BCUT2D eigenvalue weighted by molar-refractivity contribution is 5.92. The van der Waals surface area contributed by atoms with Crippen LogP contribution in [0, 0.1) is 0 Å². The number of aromatic nitrogens is 2. The number of aromatic amines is 1. The van der Waals surface area contributed by atoms with Gasteiger partial charge in [-0.05, 0) is 42.3 Å². The minimum atomic E-state index is 0.0244. The van der Waals surface area contributed by atoms with Gasteiger partial charge in [0.25, 0.3) is 0 Å². The second-order valence-electron chi connectivity index (χ2n) is 7.48. The molecule has 7 nitrogen and oxygen atoms in total. The predicted octanol–water partition coefficient (Wildman–Crippen LogP) is 3.09. The molecular formula is C23H24N4O3. The maximum absolute atomic E-state index is 12.7. The lowest BCUT2D eigenvalue weighted by atomic mass is 10.1. The van der Waals surface area contributed by atoms with Gasteiger partial charge < -0.3 is 24.3 Å². The fourth-order valence-electron chi connectivity index (χ4n) is 3.88. The van der Waals surface area contributed by atoms with Crippen molar-refractivity contribution in [3.63, 3.8) is 0 Å². The van der Waals surface area contributed by atoms with Crippen LogP contribution in [0.3, 0.4) is 0 Å². The lowest BCUT2D eigenvalue weighted by Gasteiger charge is -2.20. The molecule has 1 amide bonds. The molecule has 30 heavy (non-hydrogen) atoms. The smallest absolute Gasteiger partial charge is 0.246 e. The van der Waals surface area contributed by atoms with Crippen molar-refractivity contribution in [2.24, 2.45) is 0 Å². The predicted molar refractivity (Wildman–Crippen MR) is 116 cm³/mol. The van der Waals surface area contributed by atoms with E-state index in [4.69, 9.17) is 9.47 Å². The van der Waals surface area contributed by atoms with Crippen LogP contribution in [0.25, 0.3) is 17.1 Å². The van der Waals surface area contributed by atoms with Crippen LogP contribution in [0.2, 0.25) is 0 Å². The number of ether oxygens (including phenoxy) is 2. The van der Waals surface area contributed by atoms with Crippen LogP contribution in [0.15, 0.2) is 48.5 Å². The maximum Gasteiger partial charge on any atom is 0.246 e. The lowest BCUT2D eigenvalue weighted by molar-refractivity contribution is -0.125. The third-order valence-electron chi connectivity index (χ3n) is 5.47. The number of hydrogen-bond donors (Lipinski definition) is 1. The van der Waals surface area contributed by atoms with Crippen LogP contribution in [0.1, 0.15) is 12.0 Å². The van der Waals surface area contributed by atoms with Crippen molar-refractivity contribution in [1.29, 1.82) is 0 Å². The molecule has 0 atom stereocenters. The first-order chi connectivity index (χ1) is 14.8. The van der Waals surface area contributed by atoms with E-state index < -0.39 is 0 Å². The van der Waals surface area contributed by atoms with Crippen molar-refractivity contribution < 1.29 is 14.3 Å². The summed E-state index contributed by atoms with van der Waals surface area (Å²) in [5.74, 6) is 2.38. The highest BCUT2D eigenvalue weighted by Crippen LogP contribution is 2.31. The quantitative estimate of drug-likeness (QED) is 0.680. The number of fused-ring (bicyclic) bond motifs is 2. The molecule has 0 saturated carbocycles. The first-order valence-electron chi connectivity index (χ1n) is 10.3. The molecular weight excluding hydrogens is 380 g/mol. The van der Waals surface area contributed by atoms with Gasteiger partial charge in [0.05, 0.1) is 11.0 Å². The molecule has 0 aliphatic carbocycles. The Balaban J connectivity index is 1.23. The Hall–Kier alpha value is -3.48. The van der Waals surface area contributed by atoms with Crippen LogP contribution < -0.4 is 14.4 Å². The molecule has 3 heterocycles. The molecule has 0 spiro atoms. The van der Waals surface area contributed by atoms with E-state index in [1.807, 2.05) is 53.4 Å². The molecule has 1 fully saturated rings. The first kappa shape index (κ1) is 18.5. The lowest BCUT2D eigenvalue weighted by Crippen LogP contribution is -2.34. The van der Waals surface area contributed by atoms with E-state index >= 15 is 0 Å². The normalized spacial score (nSPS) is 16.8. The average Bonchev–Trinajstić information content (AvgIpc) is 3.06. The second-order valence-corrected chi connectivity index (χ2v) is 7.48. The Kier molecular flexibility index (Phi) is 5.01. The zero-order valence-electron chi connectivity index (χ0n) is 16.7. The number of anilines is 1. The maximum atomic E-state index is 12.7. The Labute approximate surface area is 174 Å². The molecule has 1 N–H and O–H groups in total. The van der Waals surface area contributed by atoms with Crippen molar-refractivity contribution in [3.05, 3.63) is 54.1 Å². The van der Waals surface area contributed by atoms with Gasteiger partial charge in [0.1, 0.15) is 13.2 Å². The summed E-state index contributed by atoms with van der Waals surface area (Å²) < 4.78 is 11.2. The summed E-state index contributed by atoms with van der Waals surface area (Å²) in [6.07, 6.45) is 4.38. The van der Waals surface area contributed by atoms with Crippen molar-refractivity contribution >= 4 is 29.0 Å². The molecule has 7 heteroatoms. The third-order valence-corrected chi connectivity index (χ3v) is 5.47. The number of benzene rings is 2. The topological polar surface area (TPSA) is 70.7 Å². The summed E-state index contributed by atoms with van der Waals surface area (Å²) in [6.45, 7) is 4.15. The molecule has 1 aromatic heterocycles. The molecule has 0 unspecified atom stereocenters. The Morgan fingerprint density at radius 3 is 2.77 bits per heavy atom. The zero-order chi connectivity index (χ0) is 20.3. The minimum Gasteiger partial charge on any atom is -0.486 e. The van der Waals surface area contributed by atoms with E-state index in [-0.39, 0.29) is 5.91 Å². The Morgan fingerprint density at radius 1 is 1.00 bits per heavy atom. The summed E-state index contributed by atoms with van der Waals surface area (Å²) in [5.41, 5.74) is 2.92. The molecule has 3 aromatic rings. The second kappa shape index (κ2) is 8.10. The van der Waals surface area contributed by atoms with Crippen molar-refractivity contribution in [2.45, 2.75) is 6.42 Å². The number of imidazole rings is 1. The van der Waals surface area contributed by atoms with Crippen molar-refractivity contribution in [1.82, 2.24) is 14.9 Å². The van der Waals surface area contributed by atoms with Crippen molar-refractivity contribution in [3.8, 4) is 11.5 Å². The fourth-order valence-corrected chi connectivity index (χ4v) is 3.88.